The van der Waals surface area contributed by atoms with E-state index in [1.165, 1.54) is 42.7 Å². The number of aromatic nitrogens is 2. The van der Waals surface area contributed by atoms with Crippen molar-refractivity contribution in [1.82, 2.24) is 9.78 Å². The maximum absolute atomic E-state index is 10.7. The molecule has 6 nitrogen and oxygen atoms in total. The zero-order valence-electron chi connectivity index (χ0n) is 12.4. The van der Waals surface area contributed by atoms with Crippen molar-refractivity contribution >= 4 is 17.0 Å². The van der Waals surface area contributed by atoms with Crippen LogP contribution in [0.1, 0.15) is 32.1 Å². The number of benzene rings is 1. The number of hydrogen-bond donors (Lipinski definition) is 0. The highest BCUT2D eigenvalue weighted by Gasteiger charge is 2.13. The van der Waals surface area contributed by atoms with Gasteiger partial charge in [0, 0.05) is 24.7 Å². The van der Waals surface area contributed by atoms with Crippen LogP contribution in [0.25, 0.3) is 10.6 Å². The molecule has 0 spiro atoms. The van der Waals surface area contributed by atoms with Gasteiger partial charge in [0.25, 0.3) is 5.69 Å². The molecule has 116 valence electrons. The summed E-state index contributed by atoms with van der Waals surface area (Å²) >= 11 is 1.54. The number of hydrogen-bond acceptors (Lipinski definition) is 5. The van der Waals surface area contributed by atoms with E-state index in [1.54, 1.807) is 16.8 Å². The molecule has 0 radical (unpaired) electrons. The van der Waals surface area contributed by atoms with Gasteiger partial charge in [-0.05, 0) is 25.0 Å². The van der Waals surface area contributed by atoms with E-state index in [0.717, 1.165) is 28.2 Å². The average Bonchev–Trinajstić information content (AvgIpc) is 2.89. The van der Waals surface area contributed by atoms with Gasteiger partial charge in [-0.25, -0.2) is 4.68 Å². The van der Waals surface area contributed by atoms with E-state index in [2.05, 4.69) is 5.10 Å². The molecule has 3 rings (SSSR count). The van der Waals surface area contributed by atoms with Gasteiger partial charge in [-0.3, -0.25) is 15.1 Å². The molecule has 0 N–H and O–H groups in total. The minimum Gasteiger partial charge on any atom is -0.258 e. The number of rotatable bonds is 3. The zero-order chi connectivity index (χ0) is 15.5. The van der Waals surface area contributed by atoms with Crippen LogP contribution in [0.2, 0.25) is 0 Å². The topological polar surface area (TPSA) is 73.3 Å². The van der Waals surface area contributed by atoms with Crippen molar-refractivity contribution in [3.63, 3.8) is 0 Å². The molecular weight excluding hydrogens is 300 g/mol. The van der Waals surface area contributed by atoms with Crippen molar-refractivity contribution in [2.75, 3.05) is 0 Å². The van der Waals surface area contributed by atoms with Crippen molar-refractivity contribution in [3.05, 3.63) is 39.2 Å². The van der Waals surface area contributed by atoms with Crippen molar-refractivity contribution in [1.29, 1.82) is 0 Å². The fourth-order valence-corrected chi connectivity index (χ4v) is 3.64. The maximum atomic E-state index is 10.7. The Bertz CT molecular complexity index is 727. The highest BCUT2D eigenvalue weighted by atomic mass is 32.1. The molecule has 0 unspecified atom stereocenters. The maximum Gasteiger partial charge on any atom is 0.269 e. The van der Waals surface area contributed by atoms with E-state index in [1.807, 2.05) is 7.05 Å². The van der Waals surface area contributed by atoms with Crippen LogP contribution >= 0.6 is 11.3 Å². The standard InChI is InChI=1S/C15H18N4O2S/c1-18-15(16-12-5-3-2-4-6-12)22-14(17-18)11-7-9-13(10-8-11)19(20)21/h7-10,12H,2-6H2,1H3. The van der Waals surface area contributed by atoms with Crippen LogP contribution in [0.5, 0.6) is 0 Å². The van der Waals surface area contributed by atoms with Crippen LogP contribution in [0.4, 0.5) is 5.69 Å². The van der Waals surface area contributed by atoms with Crippen LogP contribution in [0.3, 0.4) is 0 Å². The third-order valence-electron chi connectivity index (χ3n) is 3.90. The summed E-state index contributed by atoms with van der Waals surface area (Å²) < 4.78 is 1.80. The van der Waals surface area contributed by atoms with Gasteiger partial charge in [0.1, 0.15) is 5.01 Å². The molecule has 1 aromatic heterocycles. The summed E-state index contributed by atoms with van der Waals surface area (Å²) in [7, 11) is 1.90. The summed E-state index contributed by atoms with van der Waals surface area (Å²) in [5.74, 6) is 0. The Kier molecular flexibility index (Phi) is 4.33. The Balaban J connectivity index is 1.88. The molecule has 7 heteroatoms. The molecule has 1 saturated carbocycles. The third-order valence-corrected chi connectivity index (χ3v) is 4.96. The number of nitrogens with zero attached hydrogens (tertiary/aromatic N) is 4. The van der Waals surface area contributed by atoms with Gasteiger partial charge in [0.2, 0.25) is 4.80 Å². The minimum absolute atomic E-state index is 0.0943. The second kappa shape index (κ2) is 6.39. The fourth-order valence-electron chi connectivity index (χ4n) is 2.67. The monoisotopic (exact) mass is 318 g/mol. The normalized spacial score (nSPS) is 16.9. The Morgan fingerprint density at radius 2 is 1.95 bits per heavy atom. The average molecular weight is 318 g/mol. The molecule has 1 aromatic carbocycles. The van der Waals surface area contributed by atoms with Crippen molar-refractivity contribution < 1.29 is 4.92 Å². The largest absolute Gasteiger partial charge is 0.269 e. The molecule has 0 amide bonds. The first-order chi connectivity index (χ1) is 10.6. The molecule has 0 saturated heterocycles. The second-order valence-electron chi connectivity index (χ2n) is 5.54. The Hall–Kier alpha value is -2.02. The predicted molar refractivity (Wildman–Crippen MR) is 85.6 cm³/mol. The van der Waals surface area contributed by atoms with Gasteiger partial charge in [-0.2, -0.15) is 5.10 Å². The highest BCUT2D eigenvalue weighted by molar-refractivity contribution is 7.12. The fraction of sp³-hybridized carbons (Fsp3) is 0.467. The van der Waals surface area contributed by atoms with Gasteiger partial charge < -0.3 is 0 Å². The lowest BCUT2D eigenvalue weighted by Gasteiger charge is -2.16. The molecule has 1 aliphatic rings. The molecule has 0 atom stereocenters. The van der Waals surface area contributed by atoms with Gasteiger partial charge in [-0.15, -0.1) is 0 Å². The van der Waals surface area contributed by atoms with E-state index in [4.69, 9.17) is 4.99 Å². The lowest BCUT2D eigenvalue weighted by atomic mass is 9.96. The second-order valence-corrected chi connectivity index (χ2v) is 6.49. The lowest BCUT2D eigenvalue weighted by Crippen LogP contribution is -2.18. The van der Waals surface area contributed by atoms with Gasteiger partial charge in [-0.1, -0.05) is 30.6 Å². The Morgan fingerprint density at radius 1 is 1.27 bits per heavy atom. The summed E-state index contributed by atoms with van der Waals surface area (Å²) in [5.41, 5.74) is 0.980. The molecule has 0 aliphatic heterocycles. The smallest absolute Gasteiger partial charge is 0.258 e. The van der Waals surface area contributed by atoms with Gasteiger partial charge in [0.05, 0.1) is 11.0 Å². The third kappa shape index (κ3) is 3.24. The van der Waals surface area contributed by atoms with E-state index < -0.39 is 4.92 Å². The molecule has 2 aromatic rings. The predicted octanol–water partition coefficient (Wildman–Crippen LogP) is 3.29. The Labute approximate surface area is 132 Å². The summed E-state index contributed by atoms with van der Waals surface area (Å²) in [6, 6.07) is 6.90. The van der Waals surface area contributed by atoms with Crippen LogP contribution in [-0.2, 0) is 7.05 Å². The minimum atomic E-state index is -0.393. The number of nitro groups is 1. The first-order valence-corrected chi connectivity index (χ1v) is 8.28. The molecular formula is C15H18N4O2S. The van der Waals surface area contributed by atoms with E-state index in [0.29, 0.717) is 6.04 Å². The molecule has 1 aliphatic carbocycles. The quantitative estimate of drug-likeness (QED) is 0.644. The summed E-state index contributed by atoms with van der Waals surface area (Å²) in [6.07, 6.45) is 6.14. The van der Waals surface area contributed by atoms with Crippen LogP contribution < -0.4 is 4.80 Å². The van der Waals surface area contributed by atoms with Crippen molar-refractivity contribution in [2.24, 2.45) is 12.0 Å². The number of non-ortho nitro benzene ring substituents is 1. The van der Waals surface area contributed by atoms with E-state index >= 15 is 0 Å². The summed E-state index contributed by atoms with van der Waals surface area (Å²) in [4.78, 5) is 16.0. The van der Waals surface area contributed by atoms with Crippen molar-refractivity contribution in [2.45, 2.75) is 38.1 Å². The summed E-state index contributed by atoms with van der Waals surface area (Å²) in [6.45, 7) is 0. The first-order valence-electron chi connectivity index (χ1n) is 7.46. The molecule has 1 heterocycles. The summed E-state index contributed by atoms with van der Waals surface area (Å²) in [5, 5.41) is 16.0. The Morgan fingerprint density at radius 3 is 2.59 bits per heavy atom. The first kappa shape index (κ1) is 14.9. The van der Waals surface area contributed by atoms with Gasteiger partial charge >= 0.3 is 0 Å². The molecule has 22 heavy (non-hydrogen) atoms. The van der Waals surface area contributed by atoms with Crippen LogP contribution in [0, 0.1) is 10.1 Å². The number of nitro benzene ring substituents is 1. The zero-order valence-corrected chi connectivity index (χ0v) is 13.3. The molecule has 0 bridgehead atoms. The van der Waals surface area contributed by atoms with E-state index in [9.17, 15) is 10.1 Å². The molecule has 1 fully saturated rings. The SMILES string of the molecule is Cn1nc(-c2ccc([N+](=O)[O-])cc2)sc1=NC1CCCCC1. The highest BCUT2D eigenvalue weighted by Crippen LogP contribution is 2.23. The van der Waals surface area contributed by atoms with Crippen LogP contribution in [-0.4, -0.2) is 20.7 Å². The van der Waals surface area contributed by atoms with Crippen LogP contribution in [0.15, 0.2) is 29.3 Å². The van der Waals surface area contributed by atoms with E-state index in [-0.39, 0.29) is 5.69 Å². The van der Waals surface area contributed by atoms with Gasteiger partial charge in [0.15, 0.2) is 0 Å². The number of aryl methyl sites for hydroxylation is 1. The lowest BCUT2D eigenvalue weighted by molar-refractivity contribution is -0.384. The van der Waals surface area contributed by atoms with Crippen molar-refractivity contribution in [3.8, 4) is 10.6 Å².